The molecule has 0 radical (unpaired) electrons. The first-order valence-corrected chi connectivity index (χ1v) is 8.56. The first kappa shape index (κ1) is 15.8. The van der Waals surface area contributed by atoms with Gasteiger partial charge in [0.2, 0.25) is 5.91 Å². The molecule has 0 aromatic heterocycles. The molecule has 2 aliphatic rings. The van der Waals surface area contributed by atoms with Gasteiger partial charge in [-0.1, -0.05) is 33.1 Å². The molecule has 20 heavy (non-hydrogen) atoms. The summed E-state index contributed by atoms with van der Waals surface area (Å²) in [6, 6.07) is 0. The molecule has 0 bridgehead atoms. The van der Waals surface area contributed by atoms with Crippen LogP contribution in [0.4, 0.5) is 0 Å². The Labute approximate surface area is 123 Å². The summed E-state index contributed by atoms with van der Waals surface area (Å²) in [5.41, 5.74) is 0. The molecular formula is C17H31NO2. The van der Waals surface area contributed by atoms with E-state index in [9.17, 15) is 4.79 Å². The third-order valence-corrected chi connectivity index (χ3v) is 4.89. The van der Waals surface area contributed by atoms with E-state index in [0.717, 1.165) is 31.8 Å². The smallest absolute Gasteiger partial charge is 0.223 e. The van der Waals surface area contributed by atoms with Gasteiger partial charge in [0.1, 0.15) is 0 Å². The SMILES string of the molecule is CC(C)CCC1CCCCC1C(=O)NCC1CCCO1. The molecule has 3 unspecified atom stereocenters. The van der Waals surface area contributed by atoms with Gasteiger partial charge in [-0.25, -0.2) is 0 Å². The second-order valence-electron chi connectivity index (χ2n) is 7.00. The molecule has 0 spiro atoms. The topological polar surface area (TPSA) is 38.3 Å². The predicted molar refractivity (Wildman–Crippen MR) is 81.5 cm³/mol. The van der Waals surface area contributed by atoms with Crippen LogP contribution in [0.2, 0.25) is 0 Å². The second-order valence-corrected chi connectivity index (χ2v) is 7.00. The minimum absolute atomic E-state index is 0.254. The molecule has 1 amide bonds. The number of ether oxygens (including phenoxy) is 1. The van der Waals surface area contributed by atoms with Crippen molar-refractivity contribution >= 4 is 5.91 Å². The molecule has 1 saturated heterocycles. The van der Waals surface area contributed by atoms with Gasteiger partial charge in [0.15, 0.2) is 0 Å². The molecule has 0 aromatic rings. The highest BCUT2D eigenvalue weighted by Crippen LogP contribution is 2.34. The minimum atomic E-state index is 0.254. The van der Waals surface area contributed by atoms with E-state index in [1.54, 1.807) is 0 Å². The molecular weight excluding hydrogens is 250 g/mol. The van der Waals surface area contributed by atoms with E-state index in [0.29, 0.717) is 12.5 Å². The van der Waals surface area contributed by atoms with Crippen LogP contribution in [0.1, 0.15) is 65.2 Å². The fraction of sp³-hybridized carbons (Fsp3) is 0.941. The minimum Gasteiger partial charge on any atom is -0.376 e. The highest BCUT2D eigenvalue weighted by molar-refractivity contribution is 5.79. The van der Waals surface area contributed by atoms with Crippen molar-refractivity contribution in [2.45, 2.75) is 71.3 Å². The average Bonchev–Trinajstić information content (AvgIpc) is 2.96. The van der Waals surface area contributed by atoms with Gasteiger partial charge < -0.3 is 10.1 Å². The Kier molecular flexibility index (Phi) is 6.34. The van der Waals surface area contributed by atoms with E-state index < -0.39 is 0 Å². The number of rotatable bonds is 6. The van der Waals surface area contributed by atoms with Crippen LogP contribution in [0, 0.1) is 17.8 Å². The van der Waals surface area contributed by atoms with Crippen LogP contribution in [0.5, 0.6) is 0 Å². The lowest BCUT2D eigenvalue weighted by Gasteiger charge is -2.31. The number of carbonyl (C=O) groups is 1. The number of carbonyl (C=O) groups excluding carboxylic acids is 1. The highest BCUT2D eigenvalue weighted by Gasteiger charge is 2.31. The molecule has 1 heterocycles. The number of hydrogen-bond acceptors (Lipinski definition) is 2. The van der Waals surface area contributed by atoms with Crippen LogP contribution in [-0.2, 0) is 9.53 Å². The summed E-state index contributed by atoms with van der Waals surface area (Å²) < 4.78 is 5.58. The van der Waals surface area contributed by atoms with Gasteiger partial charge in [-0.3, -0.25) is 4.79 Å². The third-order valence-electron chi connectivity index (χ3n) is 4.89. The van der Waals surface area contributed by atoms with Gasteiger partial charge in [0, 0.05) is 19.1 Å². The summed E-state index contributed by atoms with van der Waals surface area (Å²) in [6.45, 7) is 6.12. The number of amides is 1. The van der Waals surface area contributed by atoms with Crippen LogP contribution >= 0.6 is 0 Å². The summed E-state index contributed by atoms with van der Waals surface area (Å²) in [6.07, 6.45) is 9.81. The van der Waals surface area contributed by atoms with Crippen LogP contribution in [0.25, 0.3) is 0 Å². The Morgan fingerprint density at radius 1 is 1.20 bits per heavy atom. The molecule has 1 aliphatic heterocycles. The van der Waals surface area contributed by atoms with Crippen molar-refractivity contribution in [1.82, 2.24) is 5.32 Å². The molecule has 1 N–H and O–H groups in total. The summed E-state index contributed by atoms with van der Waals surface area (Å²) >= 11 is 0. The van der Waals surface area contributed by atoms with E-state index in [4.69, 9.17) is 4.74 Å². The number of hydrogen-bond donors (Lipinski definition) is 1. The molecule has 3 atom stereocenters. The Bertz CT molecular complexity index is 297. The lowest BCUT2D eigenvalue weighted by atomic mass is 9.75. The molecule has 3 nitrogen and oxygen atoms in total. The monoisotopic (exact) mass is 281 g/mol. The first-order chi connectivity index (χ1) is 9.66. The van der Waals surface area contributed by atoms with Crippen LogP contribution in [0.15, 0.2) is 0 Å². The Morgan fingerprint density at radius 2 is 2.00 bits per heavy atom. The van der Waals surface area contributed by atoms with Crippen molar-refractivity contribution in [3.05, 3.63) is 0 Å². The summed E-state index contributed by atoms with van der Waals surface area (Å²) in [5.74, 6) is 1.89. The maximum absolute atomic E-state index is 12.4. The first-order valence-electron chi connectivity index (χ1n) is 8.56. The van der Waals surface area contributed by atoms with Gasteiger partial charge >= 0.3 is 0 Å². The molecule has 3 heteroatoms. The molecule has 1 saturated carbocycles. The summed E-state index contributed by atoms with van der Waals surface area (Å²) in [7, 11) is 0. The zero-order valence-corrected chi connectivity index (χ0v) is 13.2. The van der Waals surface area contributed by atoms with Crippen LogP contribution < -0.4 is 5.32 Å². The van der Waals surface area contributed by atoms with Crippen molar-refractivity contribution < 1.29 is 9.53 Å². The lowest BCUT2D eigenvalue weighted by molar-refractivity contribution is -0.128. The maximum Gasteiger partial charge on any atom is 0.223 e. The molecule has 1 aliphatic carbocycles. The summed E-state index contributed by atoms with van der Waals surface area (Å²) in [5, 5.41) is 3.15. The molecule has 116 valence electrons. The van der Waals surface area contributed by atoms with Crippen LogP contribution in [-0.4, -0.2) is 25.2 Å². The summed E-state index contributed by atoms with van der Waals surface area (Å²) in [4.78, 5) is 12.4. The predicted octanol–water partition coefficient (Wildman–Crippen LogP) is 3.52. The normalized spacial score (nSPS) is 30.6. The Hall–Kier alpha value is -0.570. The zero-order valence-electron chi connectivity index (χ0n) is 13.2. The molecule has 0 aromatic carbocycles. The fourth-order valence-electron chi connectivity index (χ4n) is 3.60. The van der Waals surface area contributed by atoms with Gasteiger partial charge in [-0.05, 0) is 43.9 Å². The van der Waals surface area contributed by atoms with E-state index in [1.807, 2.05) is 0 Å². The van der Waals surface area contributed by atoms with Gasteiger partial charge in [-0.2, -0.15) is 0 Å². The van der Waals surface area contributed by atoms with E-state index >= 15 is 0 Å². The molecule has 2 fully saturated rings. The standard InChI is InChI=1S/C17H31NO2/c1-13(2)9-10-14-6-3-4-8-16(14)17(19)18-12-15-7-5-11-20-15/h13-16H,3-12H2,1-2H3,(H,18,19). The zero-order chi connectivity index (χ0) is 14.4. The van der Waals surface area contributed by atoms with Crippen molar-refractivity contribution in [3.63, 3.8) is 0 Å². The van der Waals surface area contributed by atoms with Crippen molar-refractivity contribution in [3.8, 4) is 0 Å². The van der Waals surface area contributed by atoms with E-state index in [-0.39, 0.29) is 17.9 Å². The van der Waals surface area contributed by atoms with Crippen molar-refractivity contribution in [1.29, 1.82) is 0 Å². The highest BCUT2D eigenvalue weighted by atomic mass is 16.5. The largest absolute Gasteiger partial charge is 0.376 e. The quantitative estimate of drug-likeness (QED) is 0.809. The number of nitrogens with one attached hydrogen (secondary N) is 1. The maximum atomic E-state index is 12.4. The lowest BCUT2D eigenvalue weighted by Crippen LogP contribution is -2.40. The van der Waals surface area contributed by atoms with E-state index in [2.05, 4.69) is 19.2 Å². The van der Waals surface area contributed by atoms with Crippen molar-refractivity contribution in [2.24, 2.45) is 17.8 Å². The van der Waals surface area contributed by atoms with Gasteiger partial charge in [-0.15, -0.1) is 0 Å². The Balaban J connectivity index is 1.78. The third kappa shape index (κ3) is 4.76. The van der Waals surface area contributed by atoms with Gasteiger partial charge in [0.05, 0.1) is 6.10 Å². The molecule has 2 rings (SSSR count). The van der Waals surface area contributed by atoms with Crippen LogP contribution in [0.3, 0.4) is 0 Å². The van der Waals surface area contributed by atoms with Gasteiger partial charge in [0.25, 0.3) is 0 Å². The second kappa shape index (κ2) is 8.02. The fourth-order valence-corrected chi connectivity index (χ4v) is 3.60. The Morgan fingerprint density at radius 3 is 2.70 bits per heavy atom. The van der Waals surface area contributed by atoms with E-state index in [1.165, 1.54) is 32.1 Å². The van der Waals surface area contributed by atoms with Crippen molar-refractivity contribution in [2.75, 3.05) is 13.2 Å². The average molecular weight is 281 g/mol.